The van der Waals surface area contributed by atoms with Crippen molar-refractivity contribution in [1.82, 2.24) is 4.98 Å². The van der Waals surface area contributed by atoms with Gasteiger partial charge in [0.05, 0.1) is 19.0 Å². The van der Waals surface area contributed by atoms with Gasteiger partial charge in [0.25, 0.3) is 0 Å². The molecule has 0 aliphatic rings. The predicted molar refractivity (Wildman–Crippen MR) is 65.4 cm³/mol. The number of pyridine rings is 1. The van der Waals surface area contributed by atoms with Crippen molar-refractivity contribution in [1.29, 1.82) is 0 Å². The SMILES string of the molecule is COc1cccc(-c2cncc(N)c2C)c1. The Kier molecular flexibility index (Phi) is 2.77. The minimum Gasteiger partial charge on any atom is -0.497 e. The highest BCUT2D eigenvalue weighted by atomic mass is 16.5. The smallest absolute Gasteiger partial charge is 0.119 e. The van der Waals surface area contributed by atoms with Gasteiger partial charge in [-0.15, -0.1) is 0 Å². The third-order valence-corrected chi connectivity index (χ3v) is 2.64. The molecule has 2 aromatic rings. The van der Waals surface area contributed by atoms with E-state index in [9.17, 15) is 0 Å². The van der Waals surface area contributed by atoms with Gasteiger partial charge in [-0.05, 0) is 30.2 Å². The van der Waals surface area contributed by atoms with Crippen molar-refractivity contribution in [2.75, 3.05) is 12.8 Å². The molecular formula is C13H14N2O. The lowest BCUT2D eigenvalue weighted by Crippen LogP contribution is -1.94. The second-order valence-corrected chi connectivity index (χ2v) is 3.63. The standard InChI is InChI=1S/C13H14N2O/c1-9-12(7-15-8-13(9)14)10-4-3-5-11(6-10)16-2/h3-8H,14H2,1-2H3. The molecule has 0 fully saturated rings. The number of methoxy groups -OCH3 is 1. The Hall–Kier alpha value is -2.03. The van der Waals surface area contributed by atoms with E-state index in [-0.39, 0.29) is 0 Å². The van der Waals surface area contributed by atoms with Crippen LogP contribution in [0.3, 0.4) is 0 Å². The Morgan fingerprint density at radius 3 is 2.81 bits per heavy atom. The molecule has 1 aromatic carbocycles. The molecule has 2 rings (SSSR count). The Balaban J connectivity index is 2.54. The number of hydrogen-bond acceptors (Lipinski definition) is 3. The maximum atomic E-state index is 5.83. The summed E-state index contributed by atoms with van der Waals surface area (Å²) >= 11 is 0. The Morgan fingerprint density at radius 1 is 1.25 bits per heavy atom. The van der Waals surface area contributed by atoms with Crippen molar-refractivity contribution in [3.8, 4) is 16.9 Å². The monoisotopic (exact) mass is 214 g/mol. The minimum atomic E-state index is 0.709. The van der Waals surface area contributed by atoms with Gasteiger partial charge in [-0.1, -0.05) is 12.1 Å². The number of rotatable bonds is 2. The van der Waals surface area contributed by atoms with E-state index in [1.54, 1.807) is 13.3 Å². The molecule has 0 amide bonds. The lowest BCUT2D eigenvalue weighted by molar-refractivity contribution is 0.415. The molecule has 0 radical (unpaired) electrons. The van der Waals surface area contributed by atoms with Crippen LogP contribution in [0, 0.1) is 6.92 Å². The van der Waals surface area contributed by atoms with E-state index < -0.39 is 0 Å². The quantitative estimate of drug-likeness (QED) is 0.836. The van der Waals surface area contributed by atoms with E-state index in [4.69, 9.17) is 10.5 Å². The molecule has 0 aliphatic heterocycles. The van der Waals surface area contributed by atoms with Gasteiger partial charge >= 0.3 is 0 Å². The van der Waals surface area contributed by atoms with Crippen molar-refractivity contribution in [2.45, 2.75) is 6.92 Å². The summed E-state index contributed by atoms with van der Waals surface area (Å²) < 4.78 is 5.19. The molecule has 3 nitrogen and oxygen atoms in total. The molecule has 3 heteroatoms. The molecule has 0 saturated heterocycles. The van der Waals surface area contributed by atoms with Gasteiger partial charge in [0, 0.05) is 11.8 Å². The van der Waals surface area contributed by atoms with Gasteiger partial charge in [0.15, 0.2) is 0 Å². The highest BCUT2D eigenvalue weighted by Gasteiger charge is 2.05. The molecule has 0 bridgehead atoms. The summed E-state index contributed by atoms with van der Waals surface area (Å²) in [4.78, 5) is 4.11. The predicted octanol–water partition coefficient (Wildman–Crippen LogP) is 2.65. The number of nitrogens with two attached hydrogens (primary N) is 1. The first-order valence-electron chi connectivity index (χ1n) is 5.07. The van der Waals surface area contributed by atoms with Crippen molar-refractivity contribution >= 4 is 5.69 Å². The normalized spacial score (nSPS) is 10.1. The van der Waals surface area contributed by atoms with E-state index in [0.29, 0.717) is 5.69 Å². The molecule has 2 N–H and O–H groups in total. The molecule has 0 aliphatic carbocycles. The fourth-order valence-corrected chi connectivity index (χ4v) is 1.62. The van der Waals surface area contributed by atoms with E-state index in [1.807, 2.05) is 37.4 Å². The number of ether oxygens (including phenoxy) is 1. The van der Waals surface area contributed by atoms with Crippen molar-refractivity contribution < 1.29 is 4.74 Å². The molecule has 1 aromatic heterocycles. The van der Waals surface area contributed by atoms with Crippen LogP contribution in [0.1, 0.15) is 5.56 Å². The summed E-state index contributed by atoms with van der Waals surface area (Å²) in [6, 6.07) is 7.87. The molecular weight excluding hydrogens is 200 g/mol. The summed E-state index contributed by atoms with van der Waals surface area (Å²) in [7, 11) is 1.66. The van der Waals surface area contributed by atoms with Crippen LogP contribution in [0.15, 0.2) is 36.7 Å². The number of benzene rings is 1. The average molecular weight is 214 g/mol. The van der Waals surface area contributed by atoms with Gasteiger partial charge in [0.2, 0.25) is 0 Å². The van der Waals surface area contributed by atoms with Crippen LogP contribution in [0.25, 0.3) is 11.1 Å². The number of nitrogens with zero attached hydrogens (tertiary/aromatic N) is 1. The maximum absolute atomic E-state index is 5.83. The van der Waals surface area contributed by atoms with Crippen LogP contribution in [-0.4, -0.2) is 12.1 Å². The van der Waals surface area contributed by atoms with E-state index in [0.717, 1.165) is 22.4 Å². The van der Waals surface area contributed by atoms with Gasteiger partial charge in [-0.3, -0.25) is 4.98 Å². The second-order valence-electron chi connectivity index (χ2n) is 3.63. The largest absolute Gasteiger partial charge is 0.497 e. The van der Waals surface area contributed by atoms with Crippen LogP contribution in [0.2, 0.25) is 0 Å². The third-order valence-electron chi connectivity index (χ3n) is 2.64. The van der Waals surface area contributed by atoms with Crippen molar-refractivity contribution in [2.24, 2.45) is 0 Å². The molecule has 0 spiro atoms. The van der Waals surface area contributed by atoms with E-state index in [2.05, 4.69) is 4.98 Å². The number of nitrogen functional groups attached to an aromatic ring is 1. The highest BCUT2D eigenvalue weighted by Crippen LogP contribution is 2.28. The van der Waals surface area contributed by atoms with Gasteiger partial charge in [-0.25, -0.2) is 0 Å². The lowest BCUT2D eigenvalue weighted by atomic mass is 10.0. The van der Waals surface area contributed by atoms with Crippen LogP contribution >= 0.6 is 0 Å². The fourth-order valence-electron chi connectivity index (χ4n) is 1.62. The van der Waals surface area contributed by atoms with E-state index in [1.165, 1.54) is 0 Å². The first kappa shape index (κ1) is 10.5. The van der Waals surface area contributed by atoms with Crippen molar-refractivity contribution in [3.63, 3.8) is 0 Å². The summed E-state index contributed by atoms with van der Waals surface area (Å²) in [5.74, 6) is 0.833. The van der Waals surface area contributed by atoms with Crippen LogP contribution in [0.5, 0.6) is 5.75 Å². The second kappa shape index (κ2) is 4.23. The Morgan fingerprint density at radius 2 is 2.06 bits per heavy atom. The molecule has 82 valence electrons. The first-order chi connectivity index (χ1) is 7.72. The molecule has 0 unspecified atom stereocenters. The topological polar surface area (TPSA) is 48.1 Å². The summed E-state index contributed by atoms with van der Waals surface area (Å²) in [5, 5.41) is 0. The maximum Gasteiger partial charge on any atom is 0.119 e. The summed E-state index contributed by atoms with van der Waals surface area (Å²) in [6.45, 7) is 1.99. The van der Waals surface area contributed by atoms with Gasteiger partial charge in [-0.2, -0.15) is 0 Å². The zero-order chi connectivity index (χ0) is 11.5. The van der Waals surface area contributed by atoms with Crippen LogP contribution in [0.4, 0.5) is 5.69 Å². The third kappa shape index (κ3) is 1.84. The minimum absolute atomic E-state index is 0.709. The van der Waals surface area contributed by atoms with Gasteiger partial charge < -0.3 is 10.5 Å². The molecule has 16 heavy (non-hydrogen) atoms. The number of anilines is 1. The van der Waals surface area contributed by atoms with E-state index >= 15 is 0 Å². The highest BCUT2D eigenvalue weighted by molar-refractivity contribution is 5.72. The van der Waals surface area contributed by atoms with Gasteiger partial charge in [0.1, 0.15) is 5.75 Å². The summed E-state index contributed by atoms with van der Waals surface area (Å²) in [5.41, 5.74) is 9.70. The number of hydrogen-bond donors (Lipinski definition) is 1. The summed E-state index contributed by atoms with van der Waals surface area (Å²) in [6.07, 6.45) is 3.49. The molecule has 1 heterocycles. The average Bonchev–Trinajstić information content (AvgIpc) is 2.33. The zero-order valence-electron chi connectivity index (χ0n) is 9.40. The van der Waals surface area contributed by atoms with Crippen molar-refractivity contribution in [3.05, 3.63) is 42.2 Å². The fraction of sp³-hybridized carbons (Fsp3) is 0.154. The first-order valence-corrected chi connectivity index (χ1v) is 5.07. The Labute approximate surface area is 94.9 Å². The molecule has 0 atom stereocenters. The number of aromatic nitrogens is 1. The Bertz CT molecular complexity index is 509. The van der Waals surface area contributed by atoms with Crippen LogP contribution in [-0.2, 0) is 0 Å². The zero-order valence-corrected chi connectivity index (χ0v) is 9.40. The lowest BCUT2D eigenvalue weighted by Gasteiger charge is -2.08. The van der Waals surface area contributed by atoms with Crippen LogP contribution < -0.4 is 10.5 Å². The molecule has 0 saturated carbocycles.